The number of hydrogen-bond donors (Lipinski definition) is 0. The van der Waals surface area contributed by atoms with Gasteiger partial charge in [0.15, 0.2) is 0 Å². The molecule has 1 aliphatic rings. The summed E-state index contributed by atoms with van der Waals surface area (Å²) in [4.78, 5) is 16.4. The first-order valence-corrected chi connectivity index (χ1v) is 7.78. The standard InChI is InChI=1S/C12H21NO2S2/c1-6-9(10(14)15-12(3,4)5)17-11-13-8(2)7-16-11/h8-9H,6-7H2,1-5H3/t8-,9+/m1/s1. The van der Waals surface area contributed by atoms with Crippen molar-refractivity contribution in [3.63, 3.8) is 0 Å². The second-order valence-electron chi connectivity index (χ2n) is 5.10. The van der Waals surface area contributed by atoms with Crippen molar-refractivity contribution in [2.24, 2.45) is 4.99 Å². The van der Waals surface area contributed by atoms with E-state index in [0.29, 0.717) is 6.04 Å². The first kappa shape index (κ1) is 14.9. The van der Waals surface area contributed by atoms with Gasteiger partial charge in [-0.15, -0.1) is 0 Å². The third-order valence-corrected chi connectivity index (χ3v) is 4.82. The zero-order chi connectivity index (χ0) is 13.1. The molecule has 0 saturated heterocycles. The summed E-state index contributed by atoms with van der Waals surface area (Å²) in [6, 6.07) is 0.374. The van der Waals surface area contributed by atoms with Gasteiger partial charge in [-0.05, 0) is 34.1 Å². The molecule has 0 aromatic carbocycles. The molecule has 98 valence electrons. The van der Waals surface area contributed by atoms with Crippen molar-refractivity contribution in [1.29, 1.82) is 0 Å². The van der Waals surface area contributed by atoms with Gasteiger partial charge in [-0.1, -0.05) is 30.4 Å². The van der Waals surface area contributed by atoms with Crippen molar-refractivity contribution >= 4 is 33.9 Å². The lowest BCUT2D eigenvalue weighted by atomic mass is 10.2. The average Bonchev–Trinajstić information content (AvgIpc) is 2.57. The number of hydrogen-bond acceptors (Lipinski definition) is 5. The number of thioether (sulfide) groups is 2. The van der Waals surface area contributed by atoms with Crippen LogP contribution in [0.1, 0.15) is 41.0 Å². The Hall–Kier alpha value is -0.160. The van der Waals surface area contributed by atoms with Crippen molar-refractivity contribution < 1.29 is 9.53 Å². The molecule has 0 amide bonds. The SMILES string of the molecule is CC[C@H](SC1=N[C@H](C)CS1)C(=O)OC(C)(C)C. The normalized spacial score (nSPS) is 22.2. The number of carbonyl (C=O) groups is 1. The van der Waals surface area contributed by atoms with Gasteiger partial charge in [0.1, 0.15) is 15.2 Å². The highest BCUT2D eigenvalue weighted by atomic mass is 32.2. The monoisotopic (exact) mass is 275 g/mol. The highest BCUT2D eigenvalue weighted by molar-refractivity contribution is 8.39. The van der Waals surface area contributed by atoms with Crippen LogP contribution in [-0.4, -0.2) is 33.0 Å². The molecular weight excluding hydrogens is 254 g/mol. The van der Waals surface area contributed by atoms with E-state index in [1.807, 2.05) is 27.7 Å². The van der Waals surface area contributed by atoms with E-state index in [2.05, 4.69) is 11.9 Å². The van der Waals surface area contributed by atoms with Crippen LogP contribution in [-0.2, 0) is 9.53 Å². The molecular formula is C12H21NO2S2. The van der Waals surface area contributed by atoms with Crippen molar-refractivity contribution in [2.45, 2.75) is 57.9 Å². The van der Waals surface area contributed by atoms with Gasteiger partial charge in [0.05, 0.1) is 6.04 Å². The van der Waals surface area contributed by atoms with Gasteiger partial charge < -0.3 is 4.74 Å². The van der Waals surface area contributed by atoms with Crippen molar-refractivity contribution in [1.82, 2.24) is 0 Å². The first-order chi connectivity index (χ1) is 7.81. The maximum Gasteiger partial charge on any atom is 0.320 e. The Balaban J connectivity index is 2.54. The first-order valence-electron chi connectivity index (χ1n) is 5.92. The summed E-state index contributed by atoms with van der Waals surface area (Å²) in [5.41, 5.74) is -0.414. The highest BCUT2D eigenvalue weighted by Gasteiger charge is 2.27. The van der Waals surface area contributed by atoms with Gasteiger partial charge in [-0.2, -0.15) is 0 Å². The summed E-state index contributed by atoms with van der Waals surface area (Å²) in [7, 11) is 0. The third kappa shape index (κ3) is 5.34. The van der Waals surface area contributed by atoms with Crippen molar-refractivity contribution in [2.75, 3.05) is 5.75 Å². The molecule has 0 aromatic heterocycles. The van der Waals surface area contributed by atoms with Crippen LogP contribution in [0.2, 0.25) is 0 Å². The van der Waals surface area contributed by atoms with Gasteiger partial charge >= 0.3 is 5.97 Å². The van der Waals surface area contributed by atoms with E-state index in [-0.39, 0.29) is 11.2 Å². The van der Waals surface area contributed by atoms with Crippen LogP contribution in [0.25, 0.3) is 0 Å². The van der Waals surface area contributed by atoms with Gasteiger partial charge in [0.25, 0.3) is 0 Å². The van der Waals surface area contributed by atoms with E-state index >= 15 is 0 Å². The summed E-state index contributed by atoms with van der Waals surface area (Å²) in [6.07, 6.45) is 0.771. The number of rotatable bonds is 3. The van der Waals surface area contributed by atoms with Crippen LogP contribution in [0.4, 0.5) is 0 Å². The van der Waals surface area contributed by atoms with Crippen LogP contribution in [0.3, 0.4) is 0 Å². The van der Waals surface area contributed by atoms with Crippen molar-refractivity contribution in [3.05, 3.63) is 0 Å². The molecule has 1 heterocycles. The summed E-state index contributed by atoms with van der Waals surface area (Å²) >= 11 is 3.28. The fourth-order valence-electron chi connectivity index (χ4n) is 1.30. The summed E-state index contributed by atoms with van der Waals surface area (Å²) < 4.78 is 6.43. The van der Waals surface area contributed by atoms with Crippen LogP contribution >= 0.6 is 23.5 Å². The van der Waals surface area contributed by atoms with Crippen LogP contribution in [0.15, 0.2) is 4.99 Å². The Kier molecular flexibility index (Phi) is 5.38. The second-order valence-corrected chi connectivity index (χ2v) is 7.56. The Morgan fingerprint density at radius 1 is 1.65 bits per heavy atom. The van der Waals surface area contributed by atoms with Crippen LogP contribution < -0.4 is 0 Å². The number of nitrogens with zero attached hydrogens (tertiary/aromatic N) is 1. The molecule has 0 saturated carbocycles. The van der Waals surface area contributed by atoms with Gasteiger partial charge in [-0.25, -0.2) is 0 Å². The van der Waals surface area contributed by atoms with Crippen LogP contribution in [0.5, 0.6) is 0 Å². The lowest BCUT2D eigenvalue weighted by Gasteiger charge is -2.22. The molecule has 0 fully saturated rings. The molecule has 5 heteroatoms. The highest BCUT2D eigenvalue weighted by Crippen LogP contribution is 2.31. The maximum atomic E-state index is 12.0. The third-order valence-electron chi connectivity index (χ3n) is 2.06. The van der Waals surface area contributed by atoms with E-state index in [1.165, 1.54) is 0 Å². The topological polar surface area (TPSA) is 38.7 Å². The zero-order valence-corrected chi connectivity index (χ0v) is 12.8. The molecule has 0 radical (unpaired) electrons. The minimum atomic E-state index is -0.414. The molecule has 1 aliphatic heterocycles. The molecule has 1 rings (SSSR count). The second kappa shape index (κ2) is 6.14. The van der Waals surface area contributed by atoms with Gasteiger partial charge in [0, 0.05) is 5.75 Å². The molecule has 0 aliphatic carbocycles. The molecule has 0 N–H and O–H groups in total. The largest absolute Gasteiger partial charge is 0.459 e. The average molecular weight is 275 g/mol. The van der Waals surface area contributed by atoms with Crippen molar-refractivity contribution in [3.8, 4) is 0 Å². The van der Waals surface area contributed by atoms with E-state index in [0.717, 1.165) is 16.5 Å². The Bertz CT molecular complexity index is 310. The number of ether oxygens (including phenoxy) is 1. The predicted octanol–water partition coefficient (Wildman–Crippen LogP) is 3.33. The Morgan fingerprint density at radius 3 is 2.71 bits per heavy atom. The van der Waals surface area contributed by atoms with E-state index in [9.17, 15) is 4.79 Å². The minimum Gasteiger partial charge on any atom is -0.459 e. The fourth-order valence-corrected chi connectivity index (χ4v) is 3.63. The fraction of sp³-hybridized carbons (Fsp3) is 0.833. The Labute approximate surface area is 112 Å². The van der Waals surface area contributed by atoms with Crippen LogP contribution in [0, 0.1) is 0 Å². The molecule has 0 bridgehead atoms. The summed E-state index contributed by atoms with van der Waals surface area (Å²) in [6.45, 7) is 9.78. The van der Waals surface area contributed by atoms with E-state index in [4.69, 9.17) is 4.74 Å². The lowest BCUT2D eigenvalue weighted by molar-refractivity contribution is -0.154. The molecule has 17 heavy (non-hydrogen) atoms. The van der Waals surface area contributed by atoms with E-state index in [1.54, 1.807) is 23.5 Å². The van der Waals surface area contributed by atoms with E-state index < -0.39 is 5.60 Å². The molecule has 0 spiro atoms. The quantitative estimate of drug-likeness (QED) is 0.741. The minimum absolute atomic E-state index is 0.132. The molecule has 0 aromatic rings. The lowest BCUT2D eigenvalue weighted by Crippen LogP contribution is -2.30. The maximum absolute atomic E-state index is 12.0. The molecule has 3 nitrogen and oxygen atoms in total. The number of carbonyl (C=O) groups excluding carboxylic acids is 1. The zero-order valence-electron chi connectivity index (χ0n) is 11.1. The number of esters is 1. The summed E-state index contributed by atoms with van der Waals surface area (Å²) in [5.74, 6) is 0.889. The molecule has 2 atom stereocenters. The smallest absolute Gasteiger partial charge is 0.320 e. The number of aliphatic imine (C=N–C) groups is 1. The Morgan fingerprint density at radius 2 is 2.29 bits per heavy atom. The van der Waals surface area contributed by atoms with Gasteiger partial charge in [0.2, 0.25) is 0 Å². The summed E-state index contributed by atoms with van der Waals surface area (Å²) in [5, 5.41) is -0.134. The molecule has 0 unspecified atom stereocenters. The van der Waals surface area contributed by atoms with Gasteiger partial charge in [-0.3, -0.25) is 9.79 Å². The predicted molar refractivity (Wildman–Crippen MR) is 76.9 cm³/mol.